The summed E-state index contributed by atoms with van der Waals surface area (Å²) in [5.74, 6) is -2.58. The SMILES string of the molecule is CC(=O)C(=O)N(C)CC(=O)O. The first-order valence-electron chi connectivity index (χ1n) is 2.93. The lowest BCUT2D eigenvalue weighted by molar-refractivity contribution is -0.147. The number of aliphatic carboxylic acids is 1. The van der Waals surface area contributed by atoms with Crippen molar-refractivity contribution in [1.29, 1.82) is 0 Å². The van der Waals surface area contributed by atoms with Gasteiger partial charge in [-0.25, -0.2) is 0 Å². The minimum absolute atomic E-state index is 0.446. The van der Waals surface area contributed by atoms with Crippen molar-refractivity contribution < 1.29 is 19.5 Å². The Kier molecular flexibility index (Phi) is 3.23. The molecule has 0 aromatic rings. The van der Waals surface area contributed by atoms with Crippen LogP contribution in [0.1, 0.15) is 6.92 Å². The lowest BCUT2D eigenvalue weighted by Gasteiger charge is -2.11. The summed E-state index contributed by atoms with van der Waals surface area (Å²) in [5, 5.41) is 8.21. The smallest absolute Gasteiger partial charge is 0.323 e. The largest absolute Gasteiger partial charge is 0.480 e. The van der Waals surface area contributed by atoms with E-state index in [2.05, 4.69) is 0 Å². The van der Waals surface area contributed by atoms with E-state index in [1.165, 1.54) is 7.05 Å². The number of carboxylic acids is 1. The van der Waals surface area contributed by atoms with Crippen molar-refractivity contribution >= 4 is 17.7 Å². The molecular weight excluding hydrogens is 150 g/mol. The normalized spacial score (nSPS) is 8.91. The highest BCUT2D eigenvalue weighted by molar-refractivity contribution is 6.35. The van der Waals surface area contributed by atoms with Gasteiger partial charge in [-0.2, -0.15) is 0 Å². The quantitative estimate of drug-likeness (QED) is 0.542. The Labute approximate surface area is 63.6 Å². The van der Waals surface area contributed by atoms with Crippen LogP contribution < -0.4 is 0 Å². The molecule has 0 aromatic heterocycles. The number of hydrogen-bond acceptors (Lipinski definition) is 3. The molecule has 11 heavy (non-hydrogen) atoms. The van der Waals surface area contributed by atoms with E-state index in [0.717, 1.165) is 11.8 Å². The van der Waals surface area contributed by atoms with Crippen LogP contribution in [-0.2, 0) is 14.4 Å². The second-order valence-corrected chi connectivity index (χ2v) is 2.11. The van der Waals surface area contributed by atoms with Crippen molar-refractivity contribution in [3.63, 3.8) is 0 Å². The average molecular weight is 159 g/mol. The number of nitrogens with zero attached hydrogens (tertiary/aromatic N) is 1. The van der Waals surface area contributed by atoms with Gasteiger partial charge in [0.2, 0.25) is 5.78 Å². The first-order chi connectivity index (χ1) is 4.95. The molecule has 0 heterocycles. The minimum Gasteiger partial charge on any atom is -0.480 e. The summed E-state index contributed by atoms with van der Waals surface area (Å²) >= 11 is 0. The summed E-state index contributed by atoms with van der Waals surface area (Å²) in [5.41, 5.74) is 0. The van der Waals surface area contributed by atoms with Crippen LogP contribution in [0.2, 0.25) is 0 Å². The number of ketones is 1. The number of likely N-dealkylation sites (N-methyl/N-ethyl adjacent to an activating group) is 1. The molecule has 0 aromatic carbocycles. The number of amides is 1. The van der Waals surface area contributed by atoms with Gasteiger partial charge in [0.05, 0.1) is 0 Å². The summed E-state index contributed by atoms with van der Waals surface area (Å²) in [6.07, 6.45) is 0. The van der Waals surface area contributed by atoms with Gasteiger partial charge in [0.25, 0.3) is 5.91 Å². The second-order valence-electron chi connectivity index (χ2n) is 2.11. The molecule has 0 rings (SSSR count). The van der Waals surface area contributed by atoms with Crippen LogP contribution in [0.4, 0.5) is 0 Å². The molecule has 0 fully saturated rings. The Bertz CT molecular complexity index is 199. The van der Waals surface area contributed by atoms with Gasteiger partial charge < -0.3 is 10.0 Å². The molecule has 5 heteroatoms. The van der Waals surface area contributed by atoms with E-state index in [1.54, 1.807) is 0 Å². The predicted molar refractivity (Wildman–Crippen MR) is 36.0 cm³/mol. The van der Waals surface area contributed by atoms with E-state index in [1.807, 2.05) is 0 Å². The lowest BCUT2D eigenvalue weighted by atomic mass is 10.4. The van der Waals surface area contributed by atoms with Crippen molar-refractivity contribution in [2.45, 2.75) is 6.92 Å². The number of rotatable bonds is 3. The van der Waals surface area contributed by atoms with Gasteiger partial charge in [-0.15, -0.1) is 0 Å². The van der Waals surface area contributed by atoms with Crippen LogP contribution in [0.15, 0.2) is 0 Å². The fourth-order valence-corrected chi connectivity index (χ4v) is 0.543. The highest BCUT2D eigenvalue weighted by Gasteiger charge is 2.15. The Morgan fingerprint density at radius 2 is 1.82 bits per heavy atom. The van der Waals surface area contributed by atoms with E-state index in [0.29, 0.717) is 0 Å². The molecule has 1 amide bonds. The molecule has 62 valence electrons. The molecule has 0 atom stereocenters. The summed E-state index contributed by atoms with van der Waals surface area (Å²) in [4.78, 5) is 32.0. The average Bonchev–Trinajstić information content (AvgIpc) is 1.84. The van der Waals surface area contributed by atoms with Crippen LogP contribution in [0.3, 0.4) is 0 Å². The molecule has 1 N–H and O–H groups in total. The van der Waals surface area contributed by atoms with Gasteiger partial charge in [0, 0.05) is 14.0 Å². The lowest BCUT2D eigenvalue weighted by Crippen LogP contribution is -2.35. The summed E-state index contributed by atoms with van der Waals surface area (Å²) < 4.78 is 0. The van der Waals surface area contributed by atoms with Crippen molar-refractivity contribution in [2.75, 3.05) is 13.6 Å². The topological polar surface area (TPSA) is 74.7 Å². The Morgan fingerprint density at radius 3 is 2.09 bits per heavy atom. The van der Waals surface area contributed by atoms with Crippen molar-refractivity contribution in [3.8, 4) is 0 Å². The molecular formula is C6H9NO4. The zero-order chi connectivity index (χ0) is 9.02. The fraction of sp³-hybridized carbons (Fsp3) is 0.500. The van der Waals surface area contributed by atoms with Gasteiger partial charge in [-0.05, 0) is 0 Å². The van der Waals surface area contributed by atoms with Crippen molar-refractivity contribution in [1.82, 2.24) is 4.90 Å². The van der Waals surface area contributed by atoms with Crippen LogP contribution in [0.25, 0.3) is 0 Å². The van der Waals surface area contributed by atoms with Gasteiger partial charge in [0.1, 0.15) is 6.54 Å². The van der Waals surface area contributed by atoms with Crippen molar-refractivity contribution in [2.24, 2.45) is 0 Å². The Balaban J connectivity index is 4.03. The highest BCUT2D eigenvalue weighted by atomic mass is 16.4. The summed E-state index contributed by atoms with van der Waals surface area (Å²) in [6.45, 7) is 0.652. The maximum atomic E-state index is 10.7. The molecule has 0 unspecified atom stereocenters. The standard InChI is InChI=1S/C6H9NO4/c1-4(8)6(11)7(2)3-5(9)10/h3H2,1-2H3,(H,9,10). The van der Waals surface area contributed by atoms with Gasteiger partial charge in [-0.3, -0.25) is 14.4 Å². The molecule has 0 spiro atoms. The van der Waals surface area contributed by atoms with E-state index in [4.69, 9.17) is 5.11 Å². The molecule has 0 bridgehead atoms. The monoisotopic (exact) mass is 159 g/mol. The summed E-state index contributed by atoms with van der Waals surface area (Å²) in [6, 6.07) is 0. The second kappa shape index (κ2) is 3.70. The third kappa shape index (κ3) is 3.34. The predicted octanol–water partition coefficient (Wildman–Crippen LogP) is -0.882. The van der Waals surface area contributed by atoms with Crippen LogP contribution in [0, 0.1) is 0 Å². The van der Waals surface area contributed by atoms with Crippen LogP contribution >= 0.6 is 0 Å². The van der Waals surface area contributed by atoms with Gasteiger partial charge >= 0.3 is 5.97 Å². The number of Topliss-reactive ketones (excluding diaryl/α,β-unsaturated/α-hetero) is 1. The molecule has 0 saturated heterocycles. The zero-order valence-electron chi connectivity index (χ0n) is 6.33. The van der Waals surface area contributed by atoms with Crippen LogP contribution in [-0.4, -0.2) is 41.3 Å². The van der Waals surface area contributed by atoms with Gasteiger partial charge in [0.15, 0.2) is 0 Å². The third-order valence-corrected chi connectivity index (χ3v) is 1.02. The van der Waals surface area contributed by atoms with E-state index in [-0.39, 0.29) is 0 Å². The molecule has 0 aliphatic carbocycles. The molecule has 0 saturated carbocycles. The first kappa shape index (κ1) is 9.61. The first-order valence-corrected chi connectivity index (χ1v) is 2.93. The number of carbonyl (C=O) groups is 3. The zero-order valence-corrected chi connectivity index (χ0v) is 6.33. The fourth-order valence-electron chi connectivity index (χ4n) is 0.543. The maximum absolute atomic E-state index is 10.7. The van der Waals surface area contributed by atoms with E-state index < -0.39 is 24.2 Å². The van der Waals surface area contributed by atoms with Crippen LogP contribution in [0.5, 0.6) is 0 Å². The molecule has 0 radical (unpaired) electrons. The number of carbonyl (C=O) groups excluding carboxylic acids is 2. The Morgan fingerprint density at radius 1 is 1.36 bits per heavy atom. The maximum Gasteiger partial charge on any atom is 0.323 e. The Hall–Kier alpha value is -1.39. The minimum atomic E-state index is -1.14. The molecule has 5 nitrogen and oxygen atoms in total. The molecule has 0 aliphatic rings. The number of carboxylic acid groups (broad SMARTS) is 1. The molecule has 0 aliphatic heterocycles. The van der Waals surface area contributed by atoms with E-state index >= 15 is 0 Å². The third-order valence-electron chi connectivity index (χ3n) is 1.02. The summed E-state index contributed by atoms with van der Waals surface area (Å²) in [7, 11) is 1.26. The highest BCUT2D eigenvalue weighted by Crippen LogP contribution is 1.85. The van der Waals surface area contributed by atoms with Gasteiger partial charge in [-0.1, -0.05) is 0 Å². The number of hydrogen-bond donors (Lipinski definition) is 1. The van der Waals surface area contributed by atoms with Crippen molar-refractivity contribution in [3.05, 3.63) is 0 Å². The van der Waals surface area contributed by atoms with E-state index in [9.17, 15) is 14.4 Å².